The number of Topliss-reactive ketones (excluding diaryl/α,β-unsaturated/α-hetero) is 2. The van der Waals surface area contributed by atoms with Crippen LogP contribution in [0.5, 0.6) is 0 Å². The van der Waals surface area contributed by atoms with Gasteiger partial charge in [-0.05, 0) is 85.4 Å². The molecule has 42 heavy (non-hydrogen) atoms. The minimum absolute atomic E-state index is 0.0892. The normalized spacial score (nSPS) is 22.5. The van der Waals surface area contributed by atoms with Gasteiger partial charge in [0.1, 0.15) is 23.1 Å². The van der Waals surface area contributed by atoms with Gasteiger partial charge in [0.05, 0.1) is 10.5 Å². The Morgan fingerprint density at radius 2 is 1.81 bits per heavy atom. The SMILES string of the molecule is CC1(O)CCC(N2CC(CC(=O)CC(C)(C)c3cccc(Cl)c3)(CC(=O)c3cc(-c4ccc(F)cc4F)sn3)C2)CC1. The number of aliphatic hydroxyl groups is 1. The Bertz CT molecular complexity index is 1470. The molecule has 2 aliphatic rings. The van der Waals surface area contributed by atoms with Crippen LogP contribution in [0.15, 0.2) is 48.5 Å². The Balaban J connectivity index is 1.31. The van der Waals surface area contributed by atoms with Crippen LogP contribution in [0.4, 0.5) is 8.78 Å². The van der Waals surface area contributed by atoms with E-state index in [4.69, 9.17) is 11.6 Å². The van der Waals surface area contributed by atoms with E-state index in [1.807, 2.05) is 45.0 Å². The molecule has 0 atom stereocenters. The average Bonchev–Trinajstić information content (AvgIpc) is 3.37. The van der Waals surface area contributed by atoms with E-state index in [0.29, 0.717) is 35.5 Å². The van der Waals surface area contributed by atoms with Gasteiger partial charge in [-0.2, -0.15) is 4.37 Å². The predicted molar refractivity (Wildman–Crippen MR) is 162 cm³/mol. The molecule has 9 heteroatoms. The average molecular weight is 615 g/mol. The van der Waals surface area contributed by atoms with E-state index in [2.05, 4.69) is 9.27 Å². The number of ketones is 2. The molecule has 1 aliphatic carbocycles. The standard InChI is InChI=1S/C33H37ClF2N2O3S/c1-31(2,21-5-4-6-22(34)13-21)16-25(39)17-33(19-38(20-33)24-9-11-32(3,41)12-10-24)18-29(40)28-15-30(42-37-28)26-8-7-23(35)14-27(26)36/h4-8,13-15,24,41H,9-12,16-20H2,1-3H3. The minimum atomic E-state index is -0.705. The Hall–Kier alpha value is -2.52. The number of benzene rings is 2. The number of nitrogens with zero attached hydrogens (tertiary/aromatic N) is 2. The van der Waals surface area contributed by atoms with Gasteiger partial charge in [0.15, 0.2) is 5.78 Å². The van der Waals surface area contributed by atoms with E-state index in [1.165, 1.54) is 12.1 Å². The molecular weight excluding hydrogens is 578 g/mol. The number of carbonyl (C=O) groups excluding carboxylic acids is 2. The van der Waals surface area contributed by atoms with Crippen LogP contribution in [0, 0.1) is 17.0 Å². The van der Waals surface area contributed by atoms with Gasteiger partial charge in [0.2, 0.25) is 0 Å². The van der Waals surface area contributed by atoms with Gasteiger partial charge in [-0.25, -0.2) is 8.78 Å². The quantitative estimate of drug-likeness (QED) is 0.238. The maximum atomic E-state index is 14.4. The fourth-order valence-corrected chi connectivity index (χ4v) is 7.56. The van der Waals surface area contributed by atoms with Crippen LogP contribution in [0.25, 0.3) is 10.4 Å². The van der Waals surface area contributed by atoms with E-state index in [9.17, 15) is 23.5 Å². The second-order valence-electron chi connectivity index (χ2n) is 13.2. The molecule has 5 nitrogen and oxygen atoms in total. The first-order valence-corrected chi connectivity index (χ1v) is 15.6. The van der Waals surface area contributed by atoms with Gasteiger partial charge in [0, 0.05) is 60.5 Å². The molecule has 0 spiro atoms. The Morgan fingerprint density at radius 3 is 2.48 bits per heavy atom. The molecule has 0 amide bonds. The number of hydrogen-bond donors (Lipinski definition) is 1. The maximum Gasteiger partial charge on any atom is 0.182 e. The monoisotopic (exact) mass is 614 g/mol. The van der Waals surface area contributed by atoms with Crippen molar-refractivity contribution in [2.45, 2.75) is 82.8 Å². The fourth-order valence-electron chi connectivity index (χ4n) is 6.59. The first-order valence-electron chi connectivity index (χ1n) is 14.4. The number of rotatable bonds is 10. The van der Waals surface area contributed by atoms with Crippen molar-refractivity contribution in [3.8, 4) is 10.4 Å². The van der Waals surface area contributed by atoms with E-state index in [1.54, 1.807) is 6.07 Å². The first kappa shape index (κ1) is 30.9. The van der Waals surface area contributed by atoms with Gasteiger partial charge in [-0.15, -0.1) is 0 Å². The molecule has 1 saturated carbocycles. The van der Waals surface area contributed by atoms with Crippen molar-refractivity contribution < 1.29 is 23.5 Å². The van der Waals surface area contributed by atoms with Crippen molar-refractivity contribution in [2.75, 3.05) is 13.1 Å². The molecule has 1 saturated heterocycles. The highest BCUT2D eigenvalue weighted by molar-refractivity contribution is 7.09. The summed E-state index contributed by atoms with van der Waals surface area (Å²) in [4.78, 5) is 29.9. The topological polar surface area (TPSA) is 70.5 Å². The molecule has 5 rings (SSSR count). The molecule has 0 unspecified atom stereocenters. The summed E-state index contributed by atoms with van der Waals surface area (Å²) in [6.07, 6.45) is 3.97. The minimum Gasteiger partial charge on any atom is -0.390 e. The molecule has 2 heterocycles. The number of hydrogen-bond acceptors (Lipinski definition) is 6. The molecular formula is C33H37ClF2N2O3S. The summed E-state index contributed by atoms with van der Waals surface area (Å²) in [5, 5.41) is 11.0. The number of halogens is 3. The van der Waals surface area contributed by atoms with Crippen LogP contribution in [-0.2, 0) is 10.2 Å². The van der Waals surface area contributed by atoms with Crippen molar-refractivity contribution in [1.29, 1.82) is 0 Å². The smallest absolute Gasteiger partial charge is 0.182 e. The largest absolute Gasteiger partial charge is 0.390 e. The van der Waals surface area contributed by atoms with E-state index in [0.717, 1.165) is 48.8 Å². The molecule has 0 bridgehead atoms. The van der Waals surface area contributed by atoms with Gasteiger partial charge in [0.25, 0.3) is 0 Å². The summed E-state index contributed by atoms with van der Waals surface area (Å²) < 4.78 is 32.1. The number of aromatic nitrogens is 1. The van der Waals surface area contributed by atoms with Crippen molar-refractivity contribution >= 4 is 34.7 Å². The Labute approximate surface area is 255 Å². The lowest BCUT2D eigenvalue weighted by atomic mass is 9.68. The van der Waals surface area contributed by atoms with Gasteiger partial charge >= 0.3 is 0 Å². The van der Waals surface area contributed by atoms with Crippen LogP contribution >= 0.6 is 23.1 Å². The molecule has 1 aromatic heterocycles. The van der Waals surface area contributed by atoms with E-state index in [-0.39, 0.29) is 35.7 Å². The number of carbonyl (C=O) groups is 2. The van der Waals surface area contributed by atoms with Crippen molar-refractivity contribution in [2.24, 2.45) is 5.41 Å². The third-order valence-electron chi connectivity index (χ3n) is 8.97. The van der Waals surface area contributed by atoms with Crippen molar-refractivity contribution in [3.05, 3.63) is 76.4 Å². The zero-order valence-corrected chi connectivity index (χ0v) is 25.8. The second-order valence-corrected chi connectivity index (χ2v) is 14.5. The Kier molecular flexibility index (Phi) is 8.74. The number of likely N-dealkylation sites (tertiary alicyclic amines) is 1. The molecule has 2 aromatic carbocycles. The van der Waals surface area contributed by atoms with E-state index >= 15 is 0 Å². The lowest BCUT2D eigenvalue weighted by Crippen LogP contribution is -2.62. The summed E-state index contributed by atoms with van der Waals surface area (Å²) in [6.45, 7) is 7.18. The highest BCUT2D eigenvalue weighted by Crippen LogP contribution is 2.44. The molecule has 3 aromatic rings. The summed E-state index contributed by atoms with van der Waals surface area (Å²) >= 11 is 7.22. The molecule has 224 valence electrons. The highest BCUT2D eigenvalue weighted by Gasteiger charge is 2.49. The van der Waals surface area contributed by atoms with Crippen LogP contribution < -0.4 is 0 Å². The van der Waals surface area contributed by atoms with Crippen LogP contribution in [0.3, 0.4) is 0 Å². The highest BCUT2D eigenvalue weighted by atomic mass is 35.5. The van der Waals surface area contributed by atoms with Crippen molar-refractivity contribution in [1.82, 2.24) is 9.27 Å². The lowest BCUT2D eigenvalue weighted by Gasteiger charge is -2.55. The molecule has 1 aliphatic heterocycles. The zero-order chi connectivity index (χ0) is 30.3. The summed E-state index contributed by atoms with van der Waals surface area (Å²) in [7, 11) is 0. The summed E-state index contributed by atoms with van der Waals surface area (Å²) in [6, 6.07) is 12.8. The summed E-state index contributed by atoms with van der Waals surface area (Å²) in [5.74, 6) is -1.47. The van der Waals surface area contributed by atoms with Crippen LogP contribution in [0.2, 0.25) is 5.02 Å². The van der Waals surface area contributed by atoms with Gasteiger partial charge in [-0.1, -0.05) is 37.6 Å². The van der Waals surface area contributed by atoms with Gasteiger partial charge < -0.3 is 5.11 Å². The second kappa shape index (κ2) is 11.9. The van der Waals surface area contributed by atoms with Crippen molar-refractivity contribution in [3.63, 3.8) is 0 Å². The maximum absolute atomic E-state index is 14.4. The molecule has 2 fully saturated rings. The van der Waals surface area contributed by atoms with Gasteiger partial charge in [-0.3, -0.25) is 14.5 Å². The van der Waals surface area contributed by atoms with Crippen LogP contribution in [-0.4, -0.2) is 50.7 Å². The van der Waals surface area contributed by atoms with E-state index < -0.39 is 28.1 Å². The zero-order valence-electron chi connectivity index (χ0n) is 24.3. The molecule has 1 N–H and O–H groups in total. The predicted octanol–water partition coefficient (Wildman–Crippen LogP) is 7.64. The van der Waals surface area contributed by atoms with Crippen LogP contribution in [0.1, 0.15) is 81.8 Å². The first-order chi connectivity index (χ1) is 19.7. The summed E-state index contributed by atoms with van der Waals surface area (Å²) in [5.41, 5.74) is -0.164. The fraction of sp³-hybridized carbons (Fsp3) is 0.485. The molecule has 0 radical (unpaired) electrons. The third kappa shape index (κ3) is 6.99. The lowest BCUT2D eigenvalue weighted by molar-refractivity contribution is -0.128. The Morgan fingerprint density at radius 1 is 1.10 bits per heavy atom. The third-order valence-corrected chi connectivity index (χ3v) is 10.0.